The minimum absolute atomic E-state index is 0.267. The van der Waals surface area contributed by atoms with Gasteiger partial charge in [-0.25, -0.2) is 4.79 Å². The molecule has 0 fully saturated rings. The van der Waals surface area contributed by atoms with E-state index in [9.17, 15) is 18.0 Å². The van der Waals surface area contributed by atoms with Crippen molar-refractivity contribution in [2.24, 2.45) is 0 Å². The Hall–Kier alpha value is -1.72. The average molecular weight is 234 g/mol. The first-order valence-electron chi connectivity index (χ1n) is 4.26. The molecule has 6 heteroatoms. The summed E-state index contributed by atoms with van der Waals surface area (Å²) in [5.41, 5.74) is -1.61. The molecule has 0 spiro atoms. The van der Waals surface area contributed by atoms with Gasteiger partial charge >= 0.3 is 12.1 Å². The lowest BCUT2D eigenvalue weighted by atomic mass is 10.0. The molecule has 0 unspecified atom stereocenters. The summed E-state index contributed by atoms with van der Waals surface area (Å²) in [6.07, 6.45) is -4.62. The Morgan fingerprint density at radius 2 is 1.94 bits per heavy atom. The Morgan fingerprint density at radius 1 is 1.38 bits per heavy atom. The van der Waals surface area contributed by atoms with Crippen LogP contribution in [0.5, 0.6) is 5.75 Å². The largest absolute Gasteiger partial charge is 0.508 e. The predicted molar refractivity (Wildman–Crippen MR) is 49.2 cm³/mol. The number of phenolic OH excluding ortho intramolecular Hbond substituents is 1. The molecule has 0 aliphatic heterocycles. The number of ether oxygens (including phenoxy) is 1. The fourth-order valence-corrected chi connectivity index (χ4v) is 1.32. The third-order valence-electron chi connectivity index (χ3n) is 2.10. The zero-order chi connectivity index (χ0) is 12.5. The van der Waals surface area contributed by atoms with Crippen molar-refractivity contribution in [1.82, 2.24) is 0 Å². The molecule has 0 saturated carbocycles. The highest BCUT2D eigenvalue weighted by Gasteiger charge is 2.34. The van der Waals surface area contributed by atoms with E-state index in [1.165, 1.54) is 0 Å². The third-order valence-corrected chi connectivity index (χ3v) is 2.10. The van der Waals surface area contributed by atoms with Gasteiger partial charge in [0.1, 0.15) is 5.75 Å². The fraction of sp³-hybridized carbons (Fsp3) is 0.300. The minimum Gasteiger partial charge on any atom is -0.508 e. The second-order valence-electron chi connectivity index (χ2n) is 3.16. The van der Waals surface area contributed by atoms with Crippen LogP contribution in [0, 0.1) is 6.92 Å². The first-order valence-corrected chi connectivity index (χ1v) is 4.26. The number of phenols is 1. The molecule has 3 nitrogen and oxygen atoms in total. The lowest BCUT2D eigenvalue weighted by Gasteiger charge is -2.13. The highest BCUT2D eigenvalue weighted by atomic mass is 19.4. The number of esters is 1. The van der Waals surface area contributed by atoms with Crippen molar-refractivity contribution in [3.05, 3.63) is 28.8 Å². The number of methoxy groups -OCH3 is 1. The zero-order valence-corrected chi connectivity index (χ0v) is 8.55. The van der Waals surface area contributed by atoms with Gasteiger partial charge in [-0.15, -0.1) is 0 Å². The standard InChI is InChI=1S/C10H9F3O3/c1-5-7(9(15)16-2)3-6(14)4-8(5)10(11,12)13/h3-4,14H,1-2H3. The van der Waals surface area contributed by atoms with E-state index in [-0.39, 0.29) is 11.1 Å². The summed E-state index contributed by atoms with van der Waals surface area (Å²) >= 11 is 0. The van der Waals surface area contributed by atoms with Crippen molar-refractivity contribution in [2.45, 2.75) is 13.1 Å². The van der Waals surface area contributed by atoms with Crippen molar-refractivity contribution in [3.8, 4) is 5.75 Å². The number of aromatic hydroxyl groups is 1. The summed E-state index contributed by atoms with van der Waals surface area (Å²) in [5, 5.41) is 9.12. The van der Waals surface area contributed by atoms with Gasteiger partial charge < -0.3 is 9.84 Å². The van der Waals surface area contributed by atoms with Gasteiger partial charge in [-0.1, -0.05) is 0 Å². The Balaban J connectivity index is 3.44. The summed E-state index contributed by atoms with van der Waals surface area (Å²) in [7, 11) is 1.05. The van der Waals surface area contributed by atoms with Crippen LogP contribution in [0.1, 0.15) is 21.5 Å². The van der Waals surface area contributed by atoms with Crippen molar-refractivity contribution < 1.29 is 27.8 Å². The van der Waals surface area contributed by atoms with E-state index in [0.717, 1.165) is 20.1 Å². The van der Waals surface area contributed by atoms with Gasteiger partial charge in [-0.2, -0.15) is 13.2 Å². The number of hydrogen-bond acceptors (Lipinski definition) is 3. The van der Waals surface area contributed by atoms with Gasteiger partial charge in [0.25, 0.3) is 0 Å². The highest BCUT2D eigenvalue weighted by molar-refractivity contribution is 5.91. The molecule has 16 heavy (non-hydrogen) atoms. The second-order valence-corrected chi connectivity index (χ2v) is 3.16. The van der Waals surface area contributed by atoms with Crippen LogP contribution in [0.15, 0.2) is 12.1 Å². The molecule has 0 aromatic heterocycles. The van der Waals surface area contributed by atoms with Crippen LogP contribution in [0.3, 0.4) is 0 Å². The molecule has 0 bridgehead atoms. The lowest BCUT2D eigenvalue weighted by Crippen LogP contribution is -2.12. The summed E-state index contributed by atoms with van der Waals surface area (Å²) in [6, 6.07) is 1.51. The van der Waals surface area contributed by atoms with Crippen LogP contribution in [-0.4, -0.2) is 18.2 Å². The maximum atomic E-state index is 12.5. The average Bonchev–Trinajstić information content (AvgIpc) is 2.18. The molecule has 1 N–H and O–H groups in total. The normalized spacial score (nSPS) is 11.3. The van der Waals surface area contributed by atoms with Gasteiger partial charge in [0, 0.05) is 0 Å². The molecule has 1 rings (SSSR count). The second kappa shape index (κ2) is 4.03. The van der Waals surface area contributed by atoms with E-state index in [1.54, 1.807) is 0 Å². The van der Waals surface area contributed by atoms with Crippen molar-refractivity contribution in [1.29, 1.82) is 0 Å². The molecule has 1 aromatic rings. The Bertz CT molecular complexity index is 424. The Morgan fingerprint density at radius 3 is 2.38 bits per heavy atom. The Kier molecular flexibility index (Phi) is 3.11. The predicted octanol–water partition coefficient (Wildman–Crippen LogP) is 2.51. The van der Waals surface area contributed by atoms with Gasteiger partial charge in [-0.05, 0) is 24.6 Å². The number of carbonyl (C=O) groups excluding carboxylic acids is 1. The molecule has 0 amide bonds. The minimum atomic E-state index is -4.62. The highest BCUT2D eigenvalue weighted by Crippen LogP contribution is 2.35. The molecule has 0 saturated heterocycles. The quantitative estimate of drug-likeness (QED) is 0.759. The van der Waals surface area contributed by atoms with Gasteiger partial charge in [0.15, 0.2) is 0 Å². The maximum Gasteiger partial charge on any atom is 0.416 e. The van der Waals surface area contributed by atoms with Crippen LogP contribution >= 0.6 is 0 Å². The number of halogens is 3. The molecule has 0 heterocycles. The van der Waals surface area contributed by atoms with E-state index < -0.39 is 23.5 Å². The van der Waals surface area contributed by atoms with Gasteiger partial charge in [-0.3, -0.25) is 0 Å². The van der Waals surface area contributed by atoms with E-state index in [0.29, 0.717) is 6.07 Å². The summed E-state index contributed by atoms with van der Waals surface area (Å²) in [5.74, 6) is -1.54. The van der Waals surface area contributed by atoms with Crippen LogP contribution in [0.4, 0.5) is 13.2 Å². The Labute approximate surface area is 89.5 Å². The van der Waals surface area contributed by atoms with Crippen LogP contribution < -0.4 is 0 Å². The number of rotatable bonds is 1. The smallest absolute Gasteiger partial charge is 0.416 e. The lowest BCUT2D eigenvalue weighted by molar-refractivity contribution is -0.138. The van der Waals surface area contributed by atoms with Crippen molar-refractivity contribution >= 4 is 5.97 Å². The molecular weight excluding hydrogens is 225 g/mol. The van der Waals surface area contributed by atoms with Crippen LogP contribution in [0.2, 0.25) is 0 Å². The molecular formula is C10H9F3O3. The van der Waals surface area contributed by atoms with Crippen LogP contribution in [-0.2, 0) is 10.9 Å². The van der Waals surface area contributed by atoms with E-state index >= 15 is 0 Å². The number of alkyl halides is 3. The molecule has 0 aliphatic rings. The summed E-state index contributed by atoms with van der Waals surface area (Å²) < 4.78 is 41.9. The van der Waals surface area contributed by atoms with Crippen molar-refractivity contribution in [2.75, 3.05) is 7.11 Å². The SMILES string of the molecule is COC(=O)c1cc(O)cc(C(F)(F)F)c1C. The monoisotopic (exact) mass is 234 g/mol. The molecule has 1 aromatic carbocycles. The number of carbonyl (C=O) groups is 1. The van der Waals surface area contributed by atoms with E-state index in [2.05, 4.69) is 4.74 Å². The van der Waals surface area contributed by atoms with Gasteiger partial charge in [0.2, 0.25) is 0 Å². The first kappa shape index (κ1) is 12.4. The van der Waals surface area contributed by atoms with Crippen LogP contribution in [0.25, 0.3) is 0 Å². The van der Waals surface area contributed by atoms with Crippen molar-refractivity contribution in [3.63, 3.8) is 0 Å². The van der Waals surface area contributed by atoms with E-state index in [1.807, 2.05) is 0 Å². The molecule has 88 valence electrons. The summed E-state index contributed by atoms with van der Waals surface area (Å²) in [4.78, 5) is 11.2. The molecule has 0 radical (unpaired) electrons. The fourth-order valence-electron chi connectivity index (χ4n) is 1.32. The van der Waals surface area contributed by atoms with E-state index in [4.69, 9.17) is 5.11 Å². The molecule has 0 atom stereocenters. The number of hydrogen-bond donors (Lipinski definition) is 1. The maximum absolute atomic E-state index is 12.5. The molecule has 0 aliphatic carbocycles. The number of benzene rings is 1. The first-order chi connectivity index (χ1) is 7.27. The summed E-state index contributed by atoms with van der Waals surface area (Å²) in [6.45, 7) is 1.15. The topological polar surface area (TPSA) is 46.5 Å². The zero-order valence-electron chi connectivity index (χ0n) is 8.55. The van der Waals surface area contributed by atoms with Gasteiger partial charge in [0.05, 0.1) is 18.2 Å². The third kappa shape index (κ3) is 2.26.